The van der Waals surface area contributed by atoms with Gasteiger partial charge >= 0.3 is 0 Å². The predicted molar refractivity (Wildman–Crippen MR) is 296 cm³/mol. The van der Waals surface area contributed by atoms with E-state index >= 15 is 0 Å². The average Bonchev–Trinajstić information content (AvgIpc) is 0.782. The third-order valence-corrected chi connectivity index (χ3v) is 17.7. The van der Waals surface area contributed by atoms with Gasteiger partial charge in [0, 0.05) is 20.8 Å². The monoisotopic (exact) mass is 1410 g/mol. The number of aliphatic hydroxyl groups excluding tert-OH is 21. The summed E-state index contributed by atoms with van der Waals surface area (Å²) in [5.41, 5.74) is 0. The smallest absolute Gasteiger partial charge is 0.217 e. The molecule has 3 amide bonds. The molecule has 0 bridgehead atoms. The van der Waals surface area contributed by atoms with Gasteiger partial charge in [0.1, 0.15) is 183 Å². The second-order valence-corrected chi connectivity index (χ2v) is 24.7. The van der Waals surface area contributed by atoms with Crippen molar-refractivity contribution in [3.63, 3.8) is 0 Å². The maximum absolute atomic E-state index is 12.7. The van der Waals surface area contributed by atoms with Crippen LogP contribution in [-0.4, -0.2) is 410 Å². The molecule has 42 nitrogen and oxygen atoms in total. The molecule has 40 atom stereocenters. The second-order valence-electron chi connectivity index (χ2n) is 24.7. The van der Waals surface area contributed by atoms with E-state index in [1.54, 1.807) is 0 Å². The Morgan fingerprint density at radius 1 is 0.292 bits per heavy atom. The molecule has 0 spiro atoms. The standard InChI is InChI=1S/C54H91N3O39/c1-12-26(64)34(72)39(77)50(85-12)84-11-22-45(31(69)23(47(81)87-22)55-14(3)61)93-49-25(57-16(5)63)33(71)43(19(8-60)90-49)94-53-42(80)37(75)30(68)21(92-53)10-83-51-40(78)36(74)29(67)20(91-51)9-82-48-24(56-15(4)62)32(70)44(18(7-59)89-48)95-54-46(38(76)28(66)17(6-58)88-54)96-52-41(79)35(73)27(65)13(2)86-52/h12-13,17-54,58-60,64-81H,6-11H2,1-5H3,(H,55,61)(H,56,62)(H,57,63)/t12-,13-,17+,18+,19+,20+,21+,22+,23+,24+,25+,26+,27+,28-,29+,30+,31+,32+,33+,34+,35+,36-,37-,38-,39-,40-,41-,42-,43+,44+,45+,46+,47?,48+,49-,50+,51-,52-,53-,54-/m0/s1. The number of nitrogens with one attached hydrogen (secondary N) is 3. The van der Waals surface area contributed by atoms with E-state index in [0.717, 1.165) is 20.8 Å². The van der Waals surface area contributed by atoms with Gasteiger partial charge < -0.3 is 194 Å². The minimum absolute atomic E-state index is 0.742. The van der Waals surface area contributed by atoms with Gasteiger partial charge in [-0.05, 0) is 13.8 Å². The maximum Gasteiger partial charge on any atom is 0.217 e. The zero-order chi connectivity index (χ0) is 70.8. The van der Waals surface area contributed by atoms with Crippen molar-refractivity contribution in [2.75, 3.05) is 39.6 Å². The summed E-state index contributed by atoms with van der Waals surface area (Å²) >= 11 is 0. The second kappa shape index (κ2) is 33.8. The number of aliphatic hydroxyl groups is 21. The van der Waals surface area contributed by atoms with Gasteiger partial charge in [-0.15, -0.1) is 0 Å². The first kappa shape index (κ1) is 78.7. The van der Waals surface area contributed by atoms with Crippen LogP contribution in [0.1, 0.15) is 34.6 Å². The quantitative estimate of drug-likeness (QED) is 0.0452. The van der Waals surface area contributed by atoms with Gasteiger partial charge in [0.15, 0.2) is 50.3 Å². The number of ether oxygens (including phenoxy) is 15. The Morgan fingerprint density at radius 3 is 1.09 bits per heavy atom. The van der Waals surface area contributed by atoms with E-state index in [1.807, 2.05) is 0 Å². The lowest BCUT2D eigenvalue weighted by Gasteiger charge is -2.49. The fourth-order valence-corrected chi connectivity index (χ4v) is 12.3. The molecular formula is C54H91N3O39. The molecule has 42 heteroatoms. The van der Waals surface area contributed by atoms with Crippen molar-refractivity contribution in [2.45, 2.75) is 280 Å². The number of hydrogen-bond donors (Lipinski definition) is 24. The van der Waals surface area contributed by atoms with Crippen molar-refractivity contribution >= 4 is 17.7 Å². The van der Waals surface area contributed by atoms with Crippen molar-refractivity contribution in [3.05, 3.63) is 0 Å². The molecule has 0 aromatic rings. The summed E-state index contributed by atoms with van der Waals surface area (Å²) in [6.07, 6.45) is -68.3. The molecule has 24 N–H and O–H groups in total. The van der Waals surface area contributed by atoms with Crippen LogP contribution in [0.5, 0.6) is 0 Å². The van der Waals surface area contributed by atoms with E-state index in [-0.39, 0.29) is 0 Å². The third kappa shape index (κ3) is 17.4. The van der Waals surface area contributed by atoms with Crippen LogP contribution in [0.4, 0.5) is 0 Å². The van der Waals surface area contributed by atoms with Gasteiger partial charge in [0.05, 0.1) is 51.8 Å². The Kier molecular flexibility index (Phi) is 27.7. The Balaban J connectivity index is 0.925. The average molecular weight is 1410 g/mol. The van der Waals surface area contributed by atoms with Crippen LogP contribution in [-0.2, 0) is 85.4 Å². The Hall–Kier alpha value is -3.03. The van der Waals surface area contributed by atoms with Gasteiger partial charge in [-0.2, -0.15) is 0 Å². The van der Waals surface area contributed by atoms with E-state index in [1.165, 1.54) is 13.8 Å². The maximum atomic E-state index is 12.7. The Bertz CT molecular complexity index is 2480. The summed E-state index contributed by atoms with van der Waals surface area (Å²) in [6.45, 7) is 0.174. The Morgan fingerprint density at radius 2 is 0.604 bits per heavy atom. The molecule has 0 aromatic heterocycles. The largest absolute Gasteiger partial charge is 0.394 e. The van der Waals surface area contributed by atoms with Gasteiger partial charge in [0.2, 0.25) is 17.7 Å². The van der Waals surface area contributed by atoms with Crippen molar-refractivity contribution in [3.8, 4) is 0 Å². The molecule has 8 aliphatic heterocycles. The molecule has 0 aliphatic carbocycles. The molecule has 0 aromatic carbocycles. The minimum Gasteiger partial charge on any atom is -0.394 e. The number of rotatable bonds is 23. The number of amides is 3. The molecule has 1 unspecified atom stereocenters. The third-order valence-electron chi connectivity index (χ3n) is 17.7. The molecular weight excluding hydrogens is 1310 g/mol. The van der Waals surface area contributed by atoms with Gasteiger partial charge in [0.25, 0.3) is 0 Å². The molecule has 96 heavy (non-hydrogen) atoms. The molecule has 0 saturated carbocycles. The van der Waals surface area contributed by atoms with E-state index in [2.05, 4.69) is 16.0 Å². The van der Waals surface area contributed by atoms with Crippen LogP contribution >= 0.6 is 0 Å². The topological polar surface area (TPSA) is 651 Å². The van der Waals surface area contributed by atoms with Crippen LogP contribution in [0.15, 0.2) is 0 Å². The summed E-state index contributed by atoms with van der Waals surface area (Å²) in [6, 6.07) is -5.12. The molecule has 8 saturated heterocycles. The summed E-state index contributed by atoms with van der Waals surface area (Å²) in [4.78, 5) is 37.5. The number of carbonyl (C=O) groups is 3. The van der Waals surface area contributed by atoms with Gasteiger partial charge in [-0.25, -0.2) is 0 Å². The lowest BCUT2D eigenvalue weighted by molar-refractivity contribution is -0.384. The molecule has 8 fully saturated rings. The minimum atomic E-state index is -2.20. The van der Waals surface area contributed by atoms with Crippen LogP contribution in [0.2, 0.25) is 0 Å². The highest BCUT2D eigenvalue weighted by Crippen LogP contribution is 2.37. The first-order chi connectivity index (χ1) is 45.2. The van der Waals surface area contributed by atoms with Crippen LogP contribution < -0.4 is 16.0 Å². The van der Waals surface area contributed by atoms with Gasteiger partial charge in [-0.3, -0.25) is 14.4 Å². The predicted octanol–water partition coefficient (Wildman–Crippen LogP) is -16.0. The highest BCUT2D eigenvalue weighted by Gasteiger charge is 2.58. The fourth-order valence-electron chi connectivity index (χ4n) is 12.3. The fraction of sp³-hybridized carbons (Fsp3) is 0.944. The number of hydrogen-bond acceptors (Lipinski definition) is 39. The summed E-state index contributed by atoms with van der Waals surface area (Å²) in [5, 5.41) is 236. The van der Waals surface area contributed by atoms with Crippen molar-refractivity contribution in [1.82, 2.24) is 16.0 Å². The number of carbonyl (C=O) groups excluding carboxylic acids is 3. The first-order valence-electron chi connectivity index (χ1n) is 30.8. The van der Waals surface area contributed by atoms with Gasteiger partial charge in [-0.1, -0.05) is 0 Å². The summed E-state index contributed by atoms with van der Waals surface area (Å²) in [7, 11) is 0. The highest BCUT2D eigenvalue weighted by atomic mass is 16.8. The van der Waals surface area contributed by atoms with Crippen LogP contribution in [0.25, 0.3) is 0 Å². The first-order valence-corrected chi connectivity index (χ1v) is 30.8. The van der Waals surface area contributed by atoms with Crippen molar-refractivity contribution in [1.29, 1.82) is 0 Å². The summed E-state index contributed by atoms with van der Waals surface area (Å²) < 4.78 is 86.8. The molecule has 0 radical (unpaired) electrons. The lowest BCUT2D eigenvalue weighted by Crippen LogP contribution is -2.70. The van der Waals surface area contributed by atoms with Crippen LogP contribution in [0.3, 0.4) is 0 Å². The van der Waals surface area contributed by atoms with E-state index in [9.17, 15) is 122 Å². The summed E-state index contributed by atoms with van der Waals surface area (Å²) in [5.74, 6) is -2.44. The van der Waals surface area contributed by atoms with Crippen LogP contribution in [0, 0.1) is 0 Å². The zero-order valence-electron chi connectivity index (χ0n) is 52.1. The van der Waals surface area contributed by atoms with E-state index in [0.29, 0.717) is 0 Å². The Labute approximate surface area is 545 Å². The van der Waals surface area contributed by atoms with E-state index in [4.69, 9.17) is 71.1 Å². The SMILES string of the molecule is CC(=O)N[C@H]1[C@H](O[C@H]2[C@H](O)[C@@H](NC(C)=O)C(O)O[C@@H]2CO[C@@H]2O[C@@H](C)[C@@H](O)[C@@H](O)[C@@H]2O)O[C@H](CO)[C@@H](O[C@@H]2O[C@H](CO[C@H]3O[C@H](CO[C@@H]4O[C@H](CO)[C@@H](O[C@@H]5O[C@H](CO)[C@H](O)[C@H](O)[C@H]5O[C@@H]5O[C@@H](C)[C@@H](O)[C@@H](O)[C@@H]5O)[C@H](O)[C@H]4NC(C)=O)[C@@H](O)[C@H](O)[C@@H]3O)[C@@H](O)[C@H](O)[C@@H]2O)[C@@H]1O. The van der Waals surface area contributed by atoms with Crippen molar-refractivity contribution < 1.29 is 193 Å². The molecule has 8 heterocycles. The highest BCUT2D eigenvalue weighted by molar-refractivity contribution is 5.74. The molecule has 556 valence electrons. The lowest BCUT2D eigenvalue weighted by atomic mass is 9.94. The zero-order valence-corrected chi connectivity index (χ0v) is 52.1. The van der Waals surface area contributed by atoms with E-state index < -0.39 is 303 Å². The molecule has 8 aliphatic rings. The van der Waals surface area contributed by atoms with Crippen molar-refractivity contribution in [2.24, 2.45) is 0 Å². The normalized spacial score (nSPS) is 50.3. The molecule has 8 rings (SSSR count).